The third-order valence-electron chi connectivity index (χ3n) is 5.71. The minimum absolute atomic E-state index is 0.0656. The Hall–Kier alpha value is -3.89. The Morgan fingerprint density at radius 1 is 0.765 bits per heavy atom. The minimum atomic E-state index is -0.337. The fourth-order valence-corrected chi connectivity index (χ4v) is 3.92. The molecule has 0 unspecified atom stereocenters. The number of hydrogen-bond donors (Lipinski definition) is 1. The van der Waals surface area contributed by atoms with Gasteiger partial charge in [-0.25, -0.2) is 0 Å². The van der Waals surface area contributed by atoms with Crippen molar-refractivity contribution in [1.29, 1.82) is 0 Å². The zero-order valence-electron chi connectivity index (χ0n) is 19.3. The molecule has 34 heavy (non-hydrogen) atoms. The van der Waals surface area contributed by atoms with E-state index in [-0.39, 0.29) is 24.3 Å². The van der Waals surface area contributed by atoms with E-state index in [0.29, 0.717) is 12.2 Å². The van der Waals surface area contributed by atoms with Gasteiger partial charge >= 0.3 is 0 Å². The van der Waals surface area contributed by atoms with Crippen molar-refractivity contribution >= 4 is 11.5 Å². The molecular weight excluding hydrogens is 422 g/mol. The average molecular weight is 452 g/mol. The maximum absolute atomic E-state index is 13.2. The van der Waals surface area contributed by atoms with E-state index < -0.39 is 0 Å². The van der Waals surface area contributed by atoms with Gasteiger partial charge in [-0.15, -0.1) is 0 Å². The van der Waals surface area contributed by atoms with Gasteiger partial charge in [-0.05, 0) is 35.4 Å². The molecule has 0 saturated carbocycles. The lowest BCUT2D eigenvalue weighted by Crippen LogP contribution is -2.32. The number of methoxy groups -OCH3 is 1. The van der Waals surface area contributed by atoms with Crippen molar-refractivity contribution in [3.05, 3.63) is 132 Å². The third kappa shape index (κ3) is 6.33. The molecule has 0 heterocycles. The van der Waals surface area contributed by atoms with Crippen LogP contribution >= 0.6 is 0 Å². The molecule has 0 aliphatic carbocycles. The van der Waals surface area contributed by atoms with E-state index in [9.17, 15) is 4.79 Å². The van der Waals surface area contributed by atoms with Gasteiger partial charge in [0.1, 0.15) is 11.9 Å². The van der Waals surface area contributed by atoms with E-state index in [1.54, 1.807) is 7.11 Å². The molecule has 1 N–H and O–H groups in total. The highest BCUT2D eigenvalue weighted by Crippen LogP contribution is 2.29. The summed E-state index contributed by atoms with van der Waals surface area (Å²) in [7, 11) is 1.65. The van der Waals surface area contributed by atoms with Gasteiger partial charge in [-0.3, -0.25) is 4.79 Å². The summed E-state index contributed by atoms with van der Waals surface area (Å²) in [6.45, 7) is 0.445. The van der Waals surface area contributed by atoms with Crippen molar-refractivity contribution in [2.45, 2.75) is 25.2 Å². The molecule has 4 aromatic rings. The van der Waals surface area contributed by atoms with E-state index in [2.05, 4.69) is 5.32 Å². The highest BCUT2D eigenvalue weighted by atomic mass is 16.5. The number of ketones is 1. The first-order chi connectivity index (χ1) is 16.7. The molecule has 4 aromatic carbocycles. The van der Waals surface area contributed by atoms with Crippen LogP contribution in [0.25, 0.3) is 0 Å². The summed E-state index contributed by atoms with van der Waals surface area (Å²) < 4.78 is 11.8. The number of anilines is 1. The van der Waals surface area contributed by atoms with Crippen LogP contribution in [0.5, 0.6) is 5.75 Å². The topological polar surface area (TPSA) is 47.6 Å². The molecule has 4 heteroatoms. The van der Waals surface area contributed by atoms with Crippen molar-refractivity contribution in [1.82, 2.24) is 0 Å². The summed E-state index contributed by atoms with van der Waals surface area (Å²) in [5, 5.41) is 3.56. The number of carbonyl (C=O) groups excluding carboxylic acids is 1. The lowest BCUT2D eigenvalue weighted by molar-refractivity contribution is 0.0248. The second-order valence-electron chi connectivity index (χ2n) is 8.10. The number of benzene rings is 4. The van der Waals surface area contributed by atoms with Gasteiger partial charge < -0.3 is 14.8 Å². The van der Waals surface area contributed by atoms with Gasteiger partial charge in [0.05, 0.1) is 19.8 Å². The van der Waals surface area contributed by atoms with Crippen molar-refractivity contribution in [2.75, 3.05) is 12.4 Å². The van der Waals surface area contributed by atoms with Gasteiger partial charge in [-0.2, -0.15) is 0 Å². The van der Waals surface area contributed by atoms with Crippen LogP contribution in [-0.4, -0.2) is 18.9 Å². The highest BCUT2D eigenvalue weighted by molar-refractivity contribution is 5.96. The molecule has 0 radical (unpaired) electrons. The predicted octanol–water partition coefficient (Wildman–Crippen LogP) is 6.71. The average Bonchev–Trinajstić information content (AvgIpc) is 2.91. The maximum atomic E-state index is 13.2. The summed E-state index contributed by atoms with van der Waals surface area (Å²) in [5.41, 5.74) is 3.70. The number of hydrogen-bond acceptors (Lipinski definition) is 4. The normalized spacial score (nSPS) is 12.5. The molecule has 4 rings (SSSR count). The number of nitrogens with one attached hydrogen (secondary N) is 1. The molecule has 0 bridgehead atoms. The van der Waals surface area contributed by atoms with Crippen molar-refractivity contribution in [3.63, 3.8) is 0 Å². The van der Waals surface area contributed by atoms with E-state index in [1.807, 2.05) is 115 Å². The van der Waals surface area contributed by atoms with Crippen LogP contribution in [0.3, 0.4) is 0 Å². The first-order valence-electron chi connectivity index (χ1n) is 11.4. The molecule has 0 amide bonds. The molecule has 0 saturated heterocycles. The van der Waals surface area contributed by atoms with E-state index in [1.165, 1.54) is 0 Å². The van der Waals surface area contributed by atoms with Crippen LogP contribution in [0.15, 0.2) is 115 Å². The second-order valence-corrected chi connectivity index (χ2v) is 8.10. The van der Waals surface area contributed by atoms with Crippen molar-refractivity contribution in [3.8, 4) is 5.75 Å². The van der Waals surface area contributed by atoms with Crippen molar-refractivity contribution in [2.24, 2.45) is 0 Å². The number of ether oxygens (including phenoxy) is 2. The fourth-order valence-electron chi connectivity index (χ4n) is 3.92. The SMILES string of the molecule is COc1ccc(N[C@@H](CC(=O)c2ccccc2)[C@H](OCc2ccccc2)c2ccccc2)cc1. The first kappa shape index (κ1) is 23.3. The van der Waals surface area contributed by atoms with Gasteiger partial charge in [0.15, 0.2) is 5.78 Å². The van der Waals surface area contributed by atoms with Crippen LogP contribution in [0.1, 0.15) is 34.0 Å². The van der Waals surface area contributed by atoms with Crippen molar-refractivity contribution < 1.29 is 14.3 Å². The second kappa shape index (κ2) is 11.8. The quantitative estimate of drug-likeness (QED) is 0.258. The molecule has 0 aliphatic rings. The van der Waals surface area contributed by atoms with Crippen LogP contribution < -0.4 is 10.1 Å². The zero-order valence-corrected chi connectivity index (χ0v) is 19.3. The molecule has 2 atom stereocenters. The standard InChI is InChI=1S/C30H29NO3/c1-33-27-19-17-26(18-20-27)31-28(21-29(32)24-13-7-3-8-14-24)30(25-15-9-4-10-16-25)34-22-23-11-5-2-6-12-23/h2-20,28,30-31H,21-22H2,1H3/t28-,30+/m0/s1. The monoisotopic (exact) mass is 451 g/mol. The molecule has 0 fully saturated rings. The molecule has 0 spiro atoms. The Bertz CT molecular complexity index is 1150. The van der Waals surface area contributed by atoms with Gasteiger partial charge in [-0.1, -0.05) is 91.0 Å². The third-order valence-corrected chi connectivity index (χ3v) is 5.71. The summed E-state index contributed by atoms with van der Waals surface area (Å²) in [6.07, 6.45) is -0.0547. The molecule has 4 nitrogen and oxygen atoms in total. The van der Waals surface area contributed by atoms with Crippen LogP contribution in [-0.2, 0) is 11.3 Å². The van der Waals surface area contributed by atoms with Crippen LogP contribution in [0, 0.1) is 0 Å². The summed E-state index contributed by atoms with van der Waals surface area (Å²) in [5.74, 6) is 0.846. The number of carbonyl (C=O) groups is 1. The lowest BCUT2D eigenvalue weighted by atomic mass is 9.94. The van der Waals surface area contributed by atoms with E-state index >= 15 is 0 Å². The van der Waals surface area contributed by atoms with Crippen LogP contribution in [0.4, 0.5) is 5.69 Å². The Morgan fingerprint density at radius 2 is 1.35 bits per heavy atom. The maximum Gasteiger partial charge on any atom is 0.165 e. The minimum Gasteiger partial charge on any atom is -0.497 e. The van der Waals surface area contributed by atoms with E-state index in [4.69, 9.17) is 9.47 Å². The molecule has 0 aliphatic heterocycles. The van der Waals surface area contributed by atoms with Gasteiger partial charge in [0, 0.05) is 17.7 Å². The highest BCUT2D eigenvalue weighted by Gasteiger charge is 2.27. The Balaban J connectivity index is 1.64. The molecule has 172 valence electrons. The Morgan fingerprint density at radius 3 is 1.97 bits per heavy atom. The summed E-state index contributed by atoms with van der Waals surface area (Å²) in [6, 6.07) is 37.0. The zero-order chi connectivity index (χ0) is 23.6. The predicted molar refractivity (Wildman–Crippen MR) is 136 cm³/mol. The number of Topliss-reactive ketones (excluding diaryl/α,β-unsaturated/α-hetero) is 1. The Labute approximate surface area is 201 Å². The summed E-state index contributed by atoms with van der Waals surface area (Å²) in [4.78, 5) is 13.2. The fraction of sp³-hybridized carbons (Fsp3) is 0.167. The number of rotatable bonds is 11. The van der Waals surface area contributed by atoms with Crippen LogP contribution in [0.2, 0.25) is 0 Å². The van der Waals surface area contributed by atoms with Gasteiger partial charge in [0.25, 0.3) is 0 Å². The Kier molecular flexibility index (Phi) is 8.09. The van der Waals surface area contributed by atoms with Gasteiger partial charge in [0.2, 0.25) is 0 Å². The lowest BCUT2D eigenvalue weighted by Gasteiger charge is -2.29. The smallest absolute Gasteiger partial charge is 0.165 e. The molecule has 0 aromatic heterocycles. The van der Waals surface area contributed by atoms with E-state index in [0.717, 1.165) is 22.6 Å². The first-order valence-corrected chi connectivity index (χ1v) is 11.4. The molecular formula is C30H29NO3. The largest absolute Gasteiger partial charge is 0.497 e. The summed E-state index contributed by atoms with van der Waals surface area (Å²) >= 11 is 0.